The molecule has 0 spiro atoms. The zero-order valence-corrected chi connectivity index (χ0v) is 29.6. The predicted octanol–water partition coefficient (Wildman–Crippen LogP) is 14.9. The van der Waals surface area contributed by atoms with Gasteiger partial charge in [0.1, 0.15) is 11.3 Å². The highest BCUT2D eigenvalue weighted by Crippen LogP contribution is 2.47. The predicted molar refractivity (Wildman–Crippen MR) is 228 cm³/mol. The molecule has 10 rings (SSSR count). The molecule has 0 amide bonds. The average molecular weight is 690 g/mol. The largest absolute Gasteiger partial charge is 0.455 e. The third-order valence-electron chi connectivity index (χ3n) is 10.5. The lowest BCUT2D eigenvalue weighted by Crippen LogP contribution is -2.11. The van der Waals surface area contributed by atoms with Gasteiger partial charge in [-0.3, -0.25) is 0 Å². The Balaban J connectivity index is 1.15. The lowest BCUT2D eigenvalue weighted by Gasteiger charge is -2.28. The van der Waals surface area contributed by atoms with Crippen LogP contribution in [-0.2, 0) is 0 Å². The van der Waals surface area contributed by atoms with Crippen LogP contribution in [0, 0.1) is 0 Å². The van der Waals surface area contributed by atoms with Gasteiger partial charge in [0.05, 0.1) is 5.69 Å². The molecule has 0 aliphatic carbocycles. The van der Waals surface area contributed by atoms with Crippen LogP contribution in [0.1, 0.15) is 0 Å². The molecule has 0 bridgehead atoms. The molecule has 54 heavy (non-hydrogen) atoms. The van der Waals surface area contributed by atoms with Crippen molar-refractivity contribution in [3.8, 4) is 44.7 Å². The maximum atomic E-state index is 6.81. The van der Waals surface area contributed by atoms with Crippen LogP contribution in [0.2, 0.25) is 0 Å². The Morgan fingerprint density at radius 2 is 0.778 bits per heavy atom. The molecule has 1 aromatic heterocycles. The quantitative estimate of drug-likeness (QED) is 0.166. The minimum atomic E-state index is 0.850. The van der Waals surface area contributed by atoms with Crippen molar-refractivity contribution < 1.29 is 4.42 Å². The summed E-state index contributed by atoms with van der Waals surface area (Å²) in [5.74, 6) is 0.850. The number of hydrogen-bond acceptors (Lipinski definition) is 2. The molecule has 2 nitrogen and oxygen atoms in total. The molecule has 2 heteroatoms. The van der Waals surface area contributed by atoms with Crippen molar-refractivity contribution in [2.45, 2.75) is 0 Å². The molecule has 0 fully saturated rings. The highest BCUT2D eigenvalue weighted by atomic mass is 16.3. The summed E-state index contributed by atoms with van der Waals surface area (Å²) in [5, 5.41) is 6.07. The number of benzene rings is 9. The molecule has 0 saturated heterocycles. The fourth-order valence-corrected chi connectivity index (χ4v) is 7.95. The van der Waals surface area contributed by atoms with Crippen LogP contribution >= 0.6 is 0 Å². The highest BCUT2D eigenvalue weighted by molar-refractivity contribution is 6.05. The summed E-state index contributed by atoms with van der Waals surface area (Å²) in [6, 6.07) is 75.7. The van der Waals surface area contributed by atoms with E-state index in [1.54, 1.807) is 0 Å². The molecule has 0 saturated carbocycles. The van der Waals surface area contributed by atoms with Crippen molar-refractivity contribution in [3.63, 3.8) is 0 Å². The molecule has 0 N–H and O–H groups in total. The molecular formula is C52H35NO. The lowest BCUT2D eigenvalue weighted by atomic mass is 9.96. The van der Waals surface area contributed by atoms with Gasteiger partial charge in [0.2, 0.25) is 0 Å². The van der Waals surface area contributed by atoms with E-state index in [9.17, 15) is 0 Å². The first-order chi connectivity index (χ1) is 26.8. The summed E-state index contributed by atoms with van der Waals surface area (Å²) < 4.78 is 6.81. The Bertz CT molecular complexity index is 2790. The maximum Gasteiger partial charge on any atom is 0.145 e. The molecule has 0 unspecified atom stereocenters. The monoisotopic (exact) mass is 689 g/mol. The van der Waals surface area contributed by atoms with Gasteiger partial charge in [-0.2, -0.15) is 0 Å². The van der Waals surface area contributed by atoms with E-state index in [4.69, 9.17) is 4.42 Å². The number of rotatable bonds is 7. The molecule has 0 aliphatic heterocycles. The van der Waals surface area contributed by atoms with Crippen LogP contribution in [-0.4, -0.2) is 0 Å². The topological polar surface area (TPSA) is 16.4 Å². The minimum absolute atomic E-state index is 0.850. The summed E-state index contributed by atoms with van der Waals surface area (Å²) in [6.45, 7) is 0. The maximum absolute atomic E-state index is 6.81. The van der Waals surface area contributed by atoms with E-state index >= 15 is 0 Å². The van der Waals surface area contributed by atoms with E-state index in [0.717, 1.165) is 50.5 Å². The third kappa shape index (κ3) is 5.53. The number of anilines is 3. The molecule has 0 atom stereocenters. The first-order valence-electron chi connectivity index (χ1n) is 18.4. The standard InChI is InChI=1S/C52H35NO/c1-2-16-40(17-3-1)51-48-23-9-11-27-50(48)54-52(51)47-22-8-10-26-49(47)53(41-32-28-38(29-33-41)45-24-12-18-36-14-4-6-20-43(36)45)42-34-30-39(31-35-42)46-25-13-19-37-15-5-7-21-44(37)46/h1-35H. The number of para-hydroxylation sites is 2. The first kappa shape index (κ1) is 31.6. The van der Waals surface area contributed by atoms with Gasteiger partial charge in [0.25, 0.3) is 0 Å². The highest BCUT2D eigenvalue weighted by Gasteiger charge is 2.24. The summed E-state index contributed by atoms with van der Waals surface area (Å²) in [6.07, 6.45) is 0. The van der Waals surface area contributed by atoms with E-state index in [0.29, 0.717) is 0 Å². The van der Waals surface area contributed by atoms with Gasteiger partial charge in [0.15, 0.2) is 0 Å². The summed E-state index contributed by atoms with van der Waals surface area (Å²) >= 11 is 0. The van der Waals surface area contributed by atoms with Crippen molar-refractivity contribution in [2.75, 3.05) is 4.90 Å². The van der Waals surface area contributed by atoms with Gasteiger partial charge >= 0.3 is 0 Å². The van der Waals surface area contributed by atoms with Gasteiger partial charge in [0, 0.05) is 27.9 Å². The molecular weight excluding hydrogens is 655 g/mol. The molecule has 9 aromatic carbocycles. The zero-order chi connectivity index (χ0) is 35.8. The minimum Gasteiger partial charge on any atom is -0.455 e. The van der Waals surface area contributed by atoms with E-state index in [2.05, 4.69) is 211 Å². The third-order valence-corrected chi connectivity index (χ3v) is 10.5. The summed E-state index contributed by atoms with van der Waals surface area (Å²) in [7, 11) is 0. The summed E-state index contributed by atoms with van der Waals surface area (Å²) in [5.41, 5.74) is 12.1. The number of hydrogen-bond donors (Lipinski definition) is 0. The van der Waals surface area contributed by atoms with Crippen molar-refractivity contribution in [1.29, 1.82) is 0 Å². The van der Waals surface area contributed by atoms with E-state index in [-0.39, 0.29) is 0 Å². The van der Waals surface area contributed by atoms with Gasteiger partial charge in [-0.1, -0.05) is 170 Å². The van der Waals surface area contributed by atoms with Gasteiger partial charge in [-0.25, -0.2) is 0 Å². The fourth-order valence-electron chi connectivity index (χ4n) is 7.95. The van der Waals surface area contributed by atoms with Gasteiger partial charge in [-0.05, 0) is 91.8 Å². The van der Waals surface area contributed by atoms with Crippen LogP contribution in [0.5, 0.6) is 0 Å². The van der Waals surface area contributed by atoms with E-state index in [1.165, 1.54) is 43.8 Å². The molecule has 1 heterocycles. The SMILES string of the molecule is c1ccc(-c2c(-c3ccccc3N(c3ccc(-c4cccc5ccccc45)cc3)c3ccc(-c4cccc5ccccc45)cc3)oc3ccccc23)cc1. The molecule has 254 valence electrons. The number of furan rings is 1. The Kier molecular flexibility index (Phi) is 7.85. The van der Waals surface area contributed by atoms with Crippen molar-refractivity contribution in [3.05, 3.63) is 212 Å². The number of nitrogens with zero attached hydrogens (tertiary/aromatic N) is 1. The van der Waals surface area contributed by atoms with Crippen molar-refractivity contribution in [1.82, 2.24) is 0 Å². The molecule has 0 aliphatic rings. The first-order valence-corrected chi connectivity index (χ1v) is 18.4. The van der Waals surface area contributed by atoms with E-state index in [1.807, 2.05) is 6.07 Å². The second-order valence-corrected chi connectivity index (χ2v) is 13.7. The molecule has 10 aromatic rings. The van der Waals surface area contributed by atoms with Crippen LogP contribution < -0.4 is 4.90 Å². The van der Waals surface area contributed by atoms with Crippen molar-refractivity contribution in [2.24, 2.45) is 0 Å². The lowest BCUT2D eigenvalue weighted by molar-refractivity contribution is 0.632. The zero-order valence-electron chi connectivity index (χ0n) is 29.6. The Morgan fingerprint density at radius 3 is 1.39 bits per heavy atom. The molecule has 0 radical (unpaired) electrons. The van der Waals surface area contributed by atoms with Crippen LogP contribution in [0.15, 0.2) is 217 Å². The van der Waals surface area contributed by atoms with Crippen LogP contribution in [0.4, 0.5) is 17.1 Å². The second-order valence-electron chi connectivity index (χ2n) is 13.7. The number of fused-ring (bicyclic) bond motifs is 3. The van der Waals surface area contributed by atoms with Crippen LogP contribution in [0.25, 0.3) is 77.2 Å². The van der Waals surface area contributed by atoms with Crippen LogP contribution in [0.3, 0.4) is 0 Å². The Hall–Kier alpha value is -7.16. The van der Waals surface area contributed by atoms with Gasteiger partial charge in [-0.15, -0.1) is 0 Å². The average Bonchev–Trinajstić information content (AvgIpc) is 3.64. The van der Waals surface area contributed by atoms with Crippen molar-refractivity contribution >= 4 is 49.6 Å². The normalized spacial score (nSPS) is 11.3. The second kappa shape index (κ2) is 13.4. The fraction of sp³-hybridized carbons (Fsp3) is 0. The Morgan fingerprint density at radius 1 is 0.315 bits per heavy atom. The summed E-state index contributed by atoms with van der Waals surface area (Å²) in [4.78, 5) is 2.36. The smallest absolute Gasteiger partial charge is 0.145 e. The van der Waals surface area contributed by atoms with E-state index < -0.39 is 0 Å². The Labute approximate surface area is 314 Å². The van der Waals surface area contributed by atoms with Gasteiger partial charge < -0.3 is 9.32 Å².